The summed E-state index contributed by atoms with van der Waals surface area (Å²) >= 11 is 0. The summed E-state index contributed by atoms with van der Waals surface area (Å²) in [5, 5.41) is 0. The van der Waals surface area contributed by atoms with E-state index in [2.05, 4.69) is 9.97 Å². The lowest BCUT2D eigenvalue weighted by Crippen LogP contribution is -2.44. The van der Waals surface area contributed by atoms with E-state index in [1.54, 1.807) is 18.3 Å². The number of rotatable bonds is 2. The Hall–Kier alpha value is -1.39. The molecule has 0 saturated heterocycles. The highest BCUT2D eigenvalue weighted by molar-refractivity contribution is 5.85. The highest BCUT2D eigenvalue weighted by Gasteiger charge is 2.37. The lowest BCUT2D eigenvalue weighted by Gasteiger charge is -2.35. The van der Waals surface area contributed by atoms with E-state index in [0.29, 0.717) is 0 Å². The van der Waals surface area contributed by atoms with Gasteiger partial charge in [-0.1, -0.05) is 0 Å². The van der Waals surface area contributed by atoms with Crippen molar-refractivity contribution in [3.05, 3.63) is 42.1 Å². The lowest BCUT2D eigenvalue weighted by molar-refractivity contribution is 0.240. The van der Waals surface area contributed by atoms with Gasteiger partial charge in [-0.15, -0.1) is 12.4 Å². The zero-order chi connectivity index (χ0) is 11.9. The molecule has 2 aromatic rings. The van der Waals surface area contributed by atoms with Crippen LogP contribution in [-0.2, 0) is 5.54 Å². The number of hydrogen-bond donors (Lipinski definition) is 2. The highest BCUT2D eigenvalue weighted by Crippen LogP contribution is 2.37. The fourth-order valence-electron chi connectivity index (χ4n) is 2.14. The van der Waals surface area contributed by atoms with E-state index in [4.69, 9.17) is 5.73 Å². The maximum atomic E-state index is 12.8. The molecule has 0 radical (unpaired) electrons. The number of aromatic nitrogens is 2. The zero-order valence-electron chi connectivity index (χ0n) is 9.82. The predicted octanol–water partition coefficient (Wildman–Crippen LogP) is 2.98. The van der Waals surface area contributed by atoms with Crippen LogP contribution in [0.15, 0.2) is 30.5 Å². The van der Waals surface area contributed by atoms with Crippen LogP contribution in [0.1, 0.15) is 25.1 Å². The van der Waals surface area contributed by atoms with Gasteiger partial charge in [-0.2, -0.15) is 0 Å². The standard InChI is InChI=1S/C13H14FN3.ClH/c14-10-4-2-9(3-5-10)11-8-16-12(17-11)13(15)6-1-7-13;/h2-5,8H,1,6-7,15H2,(H,16,17);1H. The Bertz CT molecular complexity index is 531. The van der Waals surface area contributed by atoms with Crippen LogP contribution >= 0.6 is 12.4 Å². The number of H-pyrrole nitrogens is 1. The summed E-state index contributed by atoms with van der Waals surface area (Å²) in [5.74, 6) is 0.603. The summed E-state index contributed by atoms with van der Waals surface area (Å²) in [6.45, 7) is 0. The molecule has 0 bridgehead atoms. The van der Waals surface area contributed by atoms with Crippen molar-refractivity contribution < 1.29 is 4.39 Å². The number of halogens is 2. The normalized spacial score (nSPS) is 16.8. The van der Waals surface area contributed by atoms with Crippen LogP contribution in [0.4, 0.5) is 4.39 Å². The second-order valence-electron chi connectivity index (χ2n) is 4.66. The molecule has 0 aliphatic heterocycles. The van der Waals surface area contributed by atoms with E-state index in [9.17, 15) is 4.39 Å². The molecule has 3 nitrogen and oxygen atoms in total. The zero-order valence-corrected chi connectivity index (χ0v) is 10.6. The quantitative estimate of drug-likeness (QED) is 0.879. The van der Waals surface area contributed by atoms with Crippen LogP contribution in [0.3, 0.4) is 0 Å². The van der Waals surface area contributed by atoms with Crippen molar-refractivity contribution in [2.75, 3.05) is 0 Å². The Kier molecular flexibility index (Phi) is 3.41. The van der Waals surface area contributed by atoms with Gasteiger partial charge in [0.05, 0.1) is 17.4 Å². The van der Waals surface area contributed by atoms with Gasteiger partial charge in [0, 0.05) is 0 Å². The number of imidazole rings is 1. The van der Waals surface area contributed by atoms with Gasteiger partial charge in [0.1, 0.15) is 11.6 Å². The summed E-state index contributed by atoms with van der Waals surface area (Å²) in [6, 6.07) is 6.35. The number of nitrogens with one attached hydrogen (secondary N) is 1. The number of aromatic amines is 1. The molecular formula is C13H15ClFN3. The Labute approximate surface area is 111 Å². The van der Waals surface area contributed by atoms with Gasteiger partial charge >= 0.3 is 0 Å². The second kappa shape index (κ2) is 4.71. The largest absolute Gasteiger partial charge is 0.340 e. The van der Waals surface area contributed by atoms with Crippen LogP contribution in [0.2, 0.25) is 0 Å². The Balaban J connectivity index is 0.00000120. The number of nitrogens with two attached hydrogens (primary N) is 1. The van der Waals surface area contributed by atoms with Gasteiger partial charge in [-0.25, -0.2) is 9.37 Å². The molecule has 96 valence electrons. The summed E-state index contributed by atoms with van der Waals surface area (Å²) in [7, 11) is 0. The molecule has 1 heterocycles. The summed E-state index contributed by atoms with van der Waals surface area (Å²) in [6.07, 6.45) is 4.87. The molecule has 0 unspecified atom stereocenters. The monoisotopic (exact) mass is 267 g/mol. The Morgan fingerprint density at radius 3 is 2.44 bits per heavy atom. The summed E-state index contributed by atoms with van der Waals surface area (Å²) < 4.78 is 12.8. The first-order valence-corrected chi connectivity index (χ1v) is 5.78. The molecule has 1 aliphatic rings. The molecule has 0 atom stereocenters. The maximum absolute atomic E-state index is 12.8. The van der Waals surface area contributed by atoms with Gasteiger partial charge in [0.15, 0.2) is 0 Å². The molecule has 3 N–H and O–H groups in total. The van der Waals surface area contributed by atoms with E-state index in [1.165, 1.54) is 12.1 Å². The minimum atomic E-state index is -0.279. The van der Waals surface area contributed by atoms with Crippen LogP contribution in [0.5, 0.6) is 0 Å². The smallest absolute Gasteiger partial charge is 0.126 e. The van der Waals surface area contributed by atoms with Crippen molar-refractivity contribution in [3.8, 4) is 11.3 Å². The number of nitrogens with zero attached hydrogens (tertiary/aromatic N) is 1. The van der Waals surface area contributed by atoms with Crippen LogP contribution < -0.4 is 5.73 Å². The SMILES string of the molecule is Cl.NC1(c2ncc(-c3ccc(F)cc3)[nH]2)CCC1. The van der Waals surface area contributed by atoms with E-state index >= 15 is 0 Å². The Morgan fingerprint density at radius 2 is 1.89 bits per heavy atom. The first-order chi connectivity index (χ1) is 8.17. The average molecular weight is 268 g/mol. The van der Waals surface area contributed by atoms with Crippen LogP contribution in [-0.4, -0.2) is 9.97 Å². The molecule has 0 spiro atoms. The first kappa shape index (κ1) is 13.1. The predicted molar refractivity (Wildman–Crippen MR) is 70.9 cm³/mol. The lowest BCUT2D eigenvalue weighted by atomic mass is 9.77. The van der Waals surface area contributed by atoms with Crippen molar-refractivity contribution in [3.63, 3.8) is 0 Å². The number of hydrogen-bond acceptors (Lipinski definition) is 2. The number of benzene rings is 1. The van der Waals surface area contributed by atoms with Gasteiger partial charge < -0.3 is 10.7 Å². The molecule has 1 fully saturated rings. The third-order valence-corrected chi connectivity index (χ3v) is 3.45. The summed E-state index contributed by atoms with van der Waals surface area (Å²) in [5.41, 5.74) is 7.72. The van der Waals surface area contributed by atoms with Crippen molar-refractivity contribution >= 4 is 12.4 Å². The molecule has 5 heteroatoms. The third kappa shape index (κ3) is 2.13. The topological polar surface area (TPSA) is 54.7 Å². The molecular weight excluding hydrogens is 253 g/mol. The van der Waals surface area contributed by atoms with E-state index in [1.807, 2.05) is 0 Å². The molecule has 3 rings (SSSR count). The molecule has 18 heavy (non-hydrogen) atoms. The van der Waals surface area contributed by atoms with Gasteiger partial charge in [-0.3, -0.25) is 0 Å². The third-order valence-electron chi connectivity index (χ3n) is 3.45. The van der Waals surface area contributed by atoms with Crippen molar-refractivity contribution in [2.24, 2.45) is 5.73 Å². The second-order valence-corrected chi connectivity index (χ2v) is 4.66. The van der Waals surface area contributed by atoms with Gasteiger partial charge in [0.25, 0.3) is 0 Å². The van der Waals surface area contributed by atoms with Gasteiger partial charge in [0.2, 0.25) is 0 Å². The van der Waals surface area contributed by atoms with Gasteiger partial charge in [-0.05, 0) is 49.1 Å². The molecule has 1 aromatic heterocycles. The fourth-order valence-corrected chi connectivity index (χ4v) is 2.14. The van der Waals surface area contributed by atoms with Crippen LogP contribution in [0.25, 0.3) is 11.3 Å². The molecule has 1 aromatic carbocycles. The molecule has 1 saturated carbocycles. The Morgan fingerprint density at radius 1 is 1.22 bits per heavy atom. The van der Waals surface area contributed by atoms with Crippen LogP contribution in [0, 0.1) is 5.82 Å². The van der Waals surface area contributed by atoms with Crippen molar-refractivity contribution in [1.29, 1.82) is 0 Å². The minimum absolute atomic E-state index is 0. The fraction of sp³-hybridized carbons (Fsp3) is 0.308. The maximum Gasteiger partial charge on any atom is 0.126 e. The van der Waals surface area contributed by atoms with E-state index in [0.717, 1.165) is 36.3 Å². The summed E-state index contributed by atoms with van der Waals surface area (Å²) in [4.78, 5) is 7.57. The molecule has 0 amide bonds. The average Bonchev–Trinajstić information content (AvgIpc) is 2.76. The highest BCUT2D eigenvalue weighted by atomic mass is 35.5. The molecule has 1 aliphatic carbocycles. The van der Waals surface area contributed by atoms with E-state index in [-0.39, 0.29) is 23.8 Å². The van der Waals surface area contributed by atoms with Crippen molar-refractivity contribution in [2.45, 2.75) is 24.8 Å². The van der Waals surface area contributed by atoms with Crippen molar-refractivity contribution in [1.82, 2.24) is 9.97 Å². The minimum Gasteiger partial charge on any atom is -0.340 e. The van der Waals surface area contributed by atoms with E-state index < -0.39 is 0 Å². The first-order valence-electron chi connectivity index (χ1n) is 5.78.